The van der Waals surface area contributed by atoms with E-state index < -0.39 is 0 Å². The number of morpholine rings is 1. The second-order valence-corrected chi connectivity index (χ2v) is 6.82. The Morgan fingerprint density at radius 3 is 2.88 bits per heavy atom. The normalized spacial score (nSPS) is 20.4. The number of nitrogens with zero attached hydrogens (tertiary/aromatic N) is 3. The molecule has 0 unspecified atom stereocenters. The van der Waals surface area contributed by atoms with Crippen LogP contribution in [0.25, 0.3) is 0 Å². The van der Waals surface area contributed by atoms with Crippen LogP contribution in [0.5, 0.6) is 5.88 Å². The van der Waals surface area contributed by atoms with Crippen LogP contribution in [0, 0.1) is 0 Å². The Morgan fingerprint density at radius 2 is 2.08 bits per heavy atom. The SMILES string of the molecule is O=C(c1ccc(OCCN2CCOCC2)nc1)N1CCC2=C1C=CCC2. The van der Waals surface area contributed by atoms with Crippen LogP contribution in [0.4, 0.5) is 0 Å². The van der Waals surface area contributed by atoms with Crippen LogP contribution in [-0.2, 0) is 4.74 Å². The van der Waals surface area contributed by atoms with Crippen LogP contribution in [0.1, 0.15) is 29.6 Å². The Bertz CT molecular complexity index is 706. The molecule has 2 aliphatic heterocycles. The summed E-state index contributed by atoms with van der Waals surface area (Å²) in [7, 11) is 0. The van der Waals surface area contributed by atoms with Gasteiger partial charge in [-0.05, 0) is 37.0 Å². The van der Waals surface area contributed by atoms with Crippen molar-refractivity contribution in [3.63, 3.8) is 0 Å². The van der Waals surface area contributed by atoms with E-state index in [2.05, 4.69) is 22.0 Å². The minimum Gasteiger partial charge on any atom is -0.476 e. The topological polar surface area (TPSA) is 54.9 Å². The molecule has 1 saturated heterocycles. The maximum Gasteiger partial charge on any atom is 0.259 e. The molecule has 138 valence electrons. The number of amides is 1. The summed E-state index contributed by atoms with van der Waals surface area (Å²) in [5, 5.41) is 0. The molecular formula is C20H25N3O3. The molecule has 0 atom stereocenters. The third-order valence-electron chi connectivity index (χ3n) is 5.17. The molecule has 1 aromatic rings. The fraction of sp³-hybridized carbons (Fsp3) is 0.500. The first-order chi connectivity index (χ1) is 12.8. The van der Waals surface area contributed by atoms with Crippen molar-refractivity contribution in [3.8, 4) is 5.88 Å². The molecule has 0 radical (unpaired) electrons. The number of aromatic nitrogens is 1. The Hall–Kier alpha value is -2.18. The van der Waals surface area contributed by atoms with Crippen molar-refractivity contribution in [3.05, 3.63) is 47.3 Å². The molecule has 1 aromatic heterocycles. The molecule has 0 N–H and O–H groups in total. The molecule has 4 rings (SSSR count). The van der Waals surface area contributed by atoms with E-state index in [1.807, 2.05) is 11.0 Å². The summed E-state index contributed by atoms with van der Waals surface area (Å²) >= 11 is 0. The number of pyridine rings is 1. The molecule has 6 heteroatoms. The molecule has 0 aromatic carbocycles. The predicted octanol–water partition coefficient (Wildman–Crippen LogP) is 2.24. The van der Waals surface area contributed by atoms with E-state index in [1.165, 1.54) is 5.57 Å². The van der Waals surface area contributed by atoms with E-state index in [1.54, 1.807) is 12.3 Å². The van der Waals surface area contributed by atoms with Crippen molar-refractivity contribution in [2.75, 3.05) is 46.0 Å². The Morgan fingerprint density at radius 1 is 1.19 bits per heavy atom. The molecule has 6 nitrogen and oxygen atoms in total. The summed E-state index contributed by atoms with van der Waals surface area (Å²) in [4.78, 5) is 21.3. The van der Waals surface area contributed by atoms with E-state index in [9.17, 15) is 4.79 Å². The summed E-state index contributed by atoms with van der Waals surface area (Å²) in [6.45, 7) is 5.71. The van der Waals surface area contributed by atoms with Crippen molar-refractivity contribution in [2.45, 2.75) is 19.3 Å². The van der Waals surface area contributed by atoms with Gasteiger partial charge in [0.1, 0.15) is 6.61 Å². The third-order valence-corrected chi connectivity index (χ3v) is 5.17. The number of rotatable bonds is 5. The highest BCUT2D eigenvalue weighted by atomic mass is 16.5. The number of carbonyl (C=O) groups excluding carboxylic acids is 1. The second-order valence-electron chi connectivity index (χ2n) is 6.82. The minimum atomic E-state index is 0.0221. The average molecular weight is 355 g/mol. The minimum absolute atomic E-state index is 0.0221. The zero-order valence-corrected chi connectivity index (χ0v) is 15.0. The van der Waals surface area contributed by atoms with Gasteiger partial charge in [0.15, 0.2) is 0 Å². The Labute approximate surface area is 154 Å². The van der Waals surface area contributed by atoms with Crippen molar-refractivity contribution in [2.24, 2.45) is 0 Å². The number of hydrogen-bond acceptors (Lipinski definition) is 5. The molecular weight excluding hydrogens is 330 g/mol. The van der Waals surface area contributed by atoms with Gasteiger partial charge in [0.25, 0.3) is 5.91 Å². The zero-order valence-electron chi connectivity index (χ0n) is 15.0. The fourth-order valence-electron chi connectivity index (χ4n) is 3.66. The van der Waals surface area contributed by atoms with Crippen molar-refractivity contribution in [1.29, 1.82) is 0 Å². The maximum atomic E-state index is 12.8. The van der Waals surface area contributed by atoms with Gasteiger partial charge in [-0.15, -0.1) is 0 Å². The third kappa shape index (κ3) is 3.81. The lowest BCUT2D eigenvalue weighted by Gasteiger charge is -2.26. The van der Waals surface area contributed by atoms with Gasteiger partial charge in [0.05, 0.1) is 18.8 Å². The molecule has 26 heavy (non-hydrogen) atoms. The summed E-state index contributed by atoms with van der Waals surface area (Å²) in [5.41, 5.74) is 3.10. The number of ether oxygens (including phenoxy) is 2. The van der Waals surface area contributed by atoms with E-state index in [-0.39, 0.29) is 5.91 Å². The van der Waals surface area contributed by atoms with E-state index in [0.717, 1.165) is 64.4 Å². The van der Waals surface area contributed by atoms with Crippen LogP contribution in [0.15, 0.2) is 41.8 Å². The molecule has 3 heterocycles. The van der Waals surface area contributed by atoms with Crippen LogP contribution >= 0.6 is 0 Å². The highest BCUT2D eigenvalue weighted by Crippen LogP contribution is 2.31. The van der Waals surface area contributed by atoms with Gasteiger partial charge < -0.3 is 14.4 Å². The standard InChI is InChI=1S/C20H25N3O3/c24-20(23-8-7-16-3-1-2-4-18(16)23)17-5-6-19(21-15-17)26-14-11-22-9-12-25-13-10-22/h2,4-6,15H,1,3,7-14H2. The van der Waals surface area contributed by atoms with Crippen molar-refractivity contribution >= 4 is 5.91 Å². The van der Waals surface area contributed by atoms with Gasteiger partial charge in [0, 0.05) is 44.1 Å². The summed E-state index contributed by atoms with van der Waals surface area (Å²) in [5.74, 6) is 0.586. The lowest BCUT2D eigenvalue weighted by atomic mass is 10.0. The molecule has 0 saturated carbocycles. The quantitative estimate of drug-likeness (QED) is 0.811. The van der Waals surface area contributed by atoms with Crippen LogP contribution in [0.2, 0.25) is 0 Å². The monoisotopic (exact) mass is 355 g/mol. The van der Waals surface area contributed by atoms with Gasteiger partial charge in [0.2, 0.25) is 5.88 Å². The second kappa shape index (κ2) is 8.01. The largest absolute Gasteiger partial charge is 0.476 e. The van der Waals surface area contributed by atoms with Gasteiger partial charge in [-0.2, -0.15) is 0 Å². The molecule has 1 aliphatic carbocycles. The predicted molar refractivity (Wildman–Crippen MR) is 98.0 cm³/mol. The first kappa shape index (κ1) is 17.2. The van der Waals surface area contributed by atoms with Crippen LogP contribution in [-0.4, -0.2) is 66.7 Å². The number of hydrogen-bond donors (Lipinski definition) is 0. The average Bonchev–Trinajstić information content (AvgIpc) is 3.13. The van der Waals surface area contributed by atoms with Gasteiger partial charge in [-0.3, -0.25) is 9.69 Å². The smallest absolute Gasteiger partial charge is 0.259 e. The van der Waals surface area contributed by atoms with Crippen LogP contribution in [0.3, 0.4) is 0 Å². The molecule has 3 aliphatic rings. The van der Waals surface area contributed by atoms with E-state index in [4.69, 9.17) is 9.47 Å². The number of allylic oxidation sites excluding steroid dienone is 2. The zero-order chi connectivity index (χ0) is 17.8. The fourth-order valence-corrected chi connectivity index (χ4v) is 3.66. The number of carbonyl (C=O) groups is 1. The summed E-state index contributed by atoms with van der Waals surface area (Å²) in [6, 6.07) is 3.60. The van der Waals surface area contributed by atoms with Gasteiger partial charge >= 0.3 is 0 Å². The highest BCUT2D eigenvalue weighted by Gasteiger charge is 2.27. The lowest BCUT2D eigenvalue weighted by molar-refractivity contribution is 0.0320. The molecule has 1 amide bonds. The molecule has 1 fully saturated rings. The van der Waals surface area contributed by atoms with Gasteiger partial charge in [-0.1, -0.05) is 6.08 Å². The molecule has 0 spiro atoms. The highest BCUT2D eigenvalue weighted by molar-refractivity contribution is 5.95. The van der Waals surface area contributed by atoms with E-state index in [0.29, 0.717) is 18.1 Å². The van der Waals surface area contributed by atoms with Crippen LogP contribution < -0.4 is 4.74 Å². The maximum absolute atomic E-state index is 12.8. The van der Waals surface area contributed by atoms with Crippen molar-refractivity contribution < 1.29 is 14.3 Å². The summed E-state index contributed by atoms with van der Waals surface area (Å²) < 4.78 is 11.1. The Kier molecular flexibility index (Phi) is 5.32. The summed E-state index contributed by atoms with van der Waals surface area (Å²) in [6.07, 6.45) is 9.00. The van der Waals surface area contributed by atoms with Gasteiger partial charge in [-0.25, -0.2) is 4.98 Å². The van der Waals surface area contributed by atoms with Crippen molar-refractivity contribution in [1.82, 2.24) is 14.8 Å². The molecule has 0 bridgehead atoms. The first-order valence-electron chi connectivity index (χ1n) is 9.40. The first-order valence-corrected chi connectivity index (χ1v) is 9.40. The Balaban J connectivity index is 1.32. The van der Waals surface area contributed by atoms with E-state index >= 15 is 0 Å². The lowest BCUT2D eigenvalue weighted by Crippen LogP contribution is -2.38.